The molecule has 0 aliphatic rings. The van der Waals surface area contributed by atoms with E-state index in [1.54, 1.807) is 16.8 Å². The third-order valence-corrected chi connectivity index (χ3v) is 5.01. The van der Waals surface area contributed by atoms with Crippen LogP contribution in [-0.4, -0.2) is 37.4 Å². The first-order chi connectivity index (χ1) is 12.5. The molecule has 1 atom stereocenters. The van der Waals surface area contributed by atoms with Gasteiger partial charge in [0.05, 0.1) is 12.8 Å². The number of benzene rings is 1. The van der Waals surface area contributed by atoms with Gasteiger partial charge in [-0.05, 0) is 24.6 Å². The number of hydrogen-bond acceptors (Lipinski definition) is 6. The van der Waals surface area contributed by atoms with Gasteiger partial charge >= 0.3 is 0 Å². The van der Waals surface area contributed by atoms with Crippen LogP contribution < -0.4 is 4.74 Å². The van der Waals surface area contributed by atoms with Crippen LogP contribution in [0.15, 0.2) is 53.1 Å². The summed E-state index contributed by atoms with van der Waals surface area (Å²) < 4.78 is 32.0. The minimum atomic E-state index is -2.49. The molecule has 8 heteroatoms. The number of rotatable bonds is 6. The van der Waals surface area contributed by atoms with Gasteiger partial charge in [-0.1, -0.05) is 18.2 Å². The smallest absolute Gasteiger partial charge is 0.231 e. The van der Waals surface area contributed by atoms with Gasteiger partial charge in [-0.25, -0.2) is 9.50 Å². The molecule has 0 amide bonds. The zero-order valence-corrected chi connectivity index (χ0v) is 15.0. The van der Waals surface area contributed by atoms with Crippen LogP contribution in [0, 0.1) is 4.78 Å². The standard InChI is InChI=1S/C18H18N4O3S/c1-26(19,23)10-4-9-24-18-8-7-17-20-12-14(22(17)21-18)16-11-13-5-2-3-6-15(13)25-16/h2-3,5-8,11-12,19H,4,9-10H2,1H3/t26-/m0/s1. The first-order valence-corrected chi connectivity index (χ1v) is 10.3. The van der Waals surface area contributed by atoms with Crippen molar-refractivity contribution in [1.82, 2.24) is 14.6 Å². The Bertz CT molecular complexity index is 1140. The second-order valence-corrected chi connectivity index (χ2v) is 8.56. The zero-order valence-electron chi connectivity index (χ0n) is 14.2. The molecule has 134 valence electrons. The quantitative estimate of drug-likeness (QED) is 0.524. The van der Waals surface area contributed by atoms with Crippen LogP contribution in [0.2, 0.25) is 0 Å². The topological polar surface area (TPSA) is 93.5 Å². The number of furan rings is 1. The first-order valence-electron chi connectivity index (χ1n) is 8.18. The van der Waals surface area contributed by atoms with Crippen LogP contribution in [0.4, 0.5) is 0 Å². The summed E-state index contributed by atoms with van der Waals surface area (Å²) in [7, 11) is -2.49. The largest absolute Gasteiger partial charge is 0.477 e. The molecule has 26 heavy (non-hydrogen) atoms. The average molecular weight is 370 g/mol. The van der Waals surface area contributed by atoms with Gasteiger partial charge in [0, 0.05) is 33.2 Å². The number of hydrogen-bond donors (Lipinski definition) is 1. The van der Waals surface area contributed by atoms with Crippen LogP contribution >= 0.6 is 0 Å². The van der Waals surface area contributed by atoms with Gasteiger partial charge in [-0.15, -0.1) is 5.10 Å². The van der Waals surface area contributed by atoms with Crippen LogP contribution in [0.5, 0.6) is 5.88 Å². The van der Waals surface area contributed by atoms with Gasteiger partial charge in [0.1, 0.15) is 11.3 Å². The van der Waals surface area contributed by atoms with Crippen molar-refractivity contribution in [2.24, 2.45) is 0 Å². The number of imidazole rings is 1. The fourth-order valence-electron chi connectivity index (χ4n) is 2.72. The van der Waals surface area contributed by atoms with Crippen molar-refractivity contribution in [2.45, 2.75) is 6.42 Å². The fourth-order valence-corrected chi connectivity index (χ4v) is 3.39. The molecule has 1 N–H and O–H groups in total. The molecule has 1 aromatic carbocycles. The van der Waals surface area contributed by atoms with Crippen LogP contribution in [0.3, 0.4) is 0 Å². The Balaban J connectivity index is 1.60. The summed E-state index contributed by atoms with van der Waals surface area (Å²) in [6.45, 7) is 0.358. The molecule has 0 fully saturated rings. The van der Waals surface area contributed by atoms with Crippen LogP contribution in [-0.2, 0) is 9.73 Å². The molecule has 0 saturated carbocycles. The summed E-state index contributed by atoms with van der Waals surface area (Å²) in [6.07, 6.45) is 3.69. The van der Waals surface area contributed by atoms with Gasteiger partial charge in [-0.2, -0.15) is 0 Å². The van der Waals surface area contributed by atoms with E-state index in [-0.39, 0.29) is 0 Å². The highest BCUT2D eigenvalue weighted by Gasteiger charge is 2.13. The molecule has 0 radical (unpaired) electrons. The highest BCUT2D eigenvalue weighted by molar-refractivity contribution is 7.91. The third-order valence-electron chi connectivity index (χ3n) is 3.94. The molecular formula is C18H18N4O3S. The number of ether oxygens (including phenoxy) is 1. The average Bonchev–Trinajstić information content (AvgIpc) is 3.21. The van der Waals surface area contributed by atoms with E-state index >= 15 is 0 Å². The summed E-state index contributed by atoms with van der Waals surface area (Å²) in [5, 5.41) is 5.49. The van der Waals surface area contributed by atoms with Gasteiger partial charge in [0.25, 0.3) is 0 Å². The molecule has 0 bridgehead atoms. The molecule has 0 unspecified atom stereocenters. The number of nitrogens with one attached hydrogen (secondary N) is 1. The van der Waals surface area contributed by atoms with Crippen molar-refractivity contribution in [3.63, 3.8) is 0 Å². The van der Waals surface area contributed by atoms with Crippen molar-refractivity contribution in [3.05, 3.63) is 48.7 Å². The normalized spacial score (nSPS) is 13.9. The highest BCUT2D eigenvalue weighted by Crippen LogP contribution is 2.28. The molecular weight excluding hydrogens is 352 g/mol. The maximum Gasteiger partial charge on any atom is 0.231 e. The van der Waals surface area contributed by atoms with Crippen molar-refractivity contribution < 1.29 is 13.4 Å². The lowest BCUT2D eigenvalue weighted by molar-refractivity contribution is 0.301. The van der Waals surface area contributed by atoms with E-state index < -0.39 is 9.73 Å². The molecule has 0 aliphatic heterocycles. The Kier molecular flexibility index (Phi) is 4.12. The predicted molar refractivity (Wildman–Crippen MR) is 100.0 cm³/mol. The number of aromatic nitrogens is 3. The molecule has 3 aromatic heterocycles. The van der Waals surface area contributed by atoms with Gasteiger partial charge in [0.15, 0.2) is 11.4 Å². The van der Waals surface area contributed by atoms with Crippen molar-refractivity contribution in [2.75, 3.05) is 18.6 Å². The van der Waals surface area contributed by atoms with Crippen LogP contribution in [0.1, 0.15) is 6.42 Å². The molecule has 4 aromatic rings. The summed E-state index contributed by atoms with van der Waals surface area (Å²) >= 11 is 0. The highest BCUT2D eigenvalue weighted by atomic mass is 32.2. The Morgan fingerprint density at radius 3 is 2.92 bits per heavy atom. The van der Waals surface area contributed by atoms with Gasteiger partial charge in [-0.3, -0.25) is 8.99 Å². The van der Waals surface area contributed by atoms with E-state index in [9.17, 15) is 4.21 Å². The lowest BCUT2D eigenvalue weighted by Crippen LogP contribution is -2.08. The molecule has 0 spiro atoms. The summed E-state index contributed by atoms with van der Waals surface area (Å²) in [4.78, 5) is 4.36. The van der Waals surface area contributed by atoms with Gasteiger partial charge < -0.3 is 9.15 Å². The maximum absolute atomic E-state index is 11.4. The SMILES string of the molecule is C[S@](=N)(=O)CCCOc1ccc2ncc(-c3cc4ccccc4o3)n2n1. The Labute approximate surface area is 150 Å². The Morgan fingerprint density at radius 1 is 1.27 bits per heavy atom. The predicted octanol–water partition coefficient (Wildman–Crippen LogP) is 3.59. The van der Waals surface area contributed by atoms with E-state index in [4.69, 9.17) is 13.9 Å². The van der Waals surface area contributed by atoms with Crippen LogP contribution in [0.25, 0.3) is 28.1 Å². The molecule has 3 heterocycles. The van der Waals surface area contributed by atoms with Crippen molar-refractivity contribution in [1.29, 1.82) is 4.78 Å². The second kappa shape index (κ2) is 6.45. The summed E-state index contributed by atoms with van der Waals surface area (Å²) in [6, 6.07) is 13.3. The minimum Gasteiger partial charge on any atom is -0.477 e. The van der Waals surface area contributed by atoms with E-state index in [0.717, 1.165) is 16.7 Å². The number of para-hydroxylation sites is 1. The Hall–Kier alpha value is -2.87. The molecule has 7 nitrogen and oxygen atoms in total. The number of nitrogens with zero attached hydrogens (tertiary/aromatic N) is 3. The molecule has 0 saturated heterocycles. The third kappa shape index (κ3) is 3.41. The monoisotopic (exact) mass is 370 g/mol. The lowest BCUT2D eigenvalue weighted by atomic mass is 10.2. The fraction of sp³-hybridized carbons (Fsp3) is 0.222. The van der Waals surface area contributed by atoms with E-state index in [1.807, 2.05) is 36.4 Å². The van der Waals surface area contributed by atoms with E-state index in [0.29, 0.717) is 36.1 Å². The Morgan fingerprint density at radius 2 is 2.12 bits per heavy atom. The van der Waals surface area contributed by atoms with Gasteiger partial charge in [0.2, 0.25) is 5.88 Å². The van der Waals surface area contributed by atoms with E-state index in [1.165, 1.54) is 6.26 Å². The van der Waals surface area contributed by atoms with Crippen molar-refractivity contribution >= 4 is 26.3 Å². The molecule has 0 aliphatic carbocycles. The summed E-state index contributed by atoms with van der Waals surface area (Å²) in [5.41, 5.74) is 2.24. The van der Waals surface area contributed by atoms with Crippen molar-refractivity contribution in [3.8, 4) is 17.3 Å². The summed E-state index contributed by atoms with van der Waals surface area (Å²) in [5.74, 6) is 1.44. The number of fused-ring (bicyclic) bond motifs is 2. The lowest BCUT2D eigenvalue weighted by Gasteiger charge is -2.06. The second-order valence-electron chi connectivity index (χ2n) is 6.14. The minimum absolute atomic E-state index is 0.310. The molecule has 4 rings (SSSR count). The van der Waals surface area contributed by atoms with E-state index in [2.05, 4.69) is 10.1 Å². The maximum atomic E-state index is 11.4. The first kappa shape index (κ1) is 16.6. The zero-order chi connectivity index (χ0) is 18.1.